The number of nitrogens with two attached hydrogens (primary N) is 1. The fraction of sp³-hybridized carbons (Fsp3) is 1.00. The Morgan fingerprint density at radius 3 is 2.58 bits per heavy atom. The fourth-order valence-corrected chi connectivity index (χ4v) is 3.31. The zero-order valence-corrected chi connectivity index (χ0v) is 8.66. The van der Waals surface area contributed by atoms with Crippen molar-refractivity contribution in [3.63, 3.8) is 0 Å². The third kappa shape index (κ3) is 2.87. The Balaban J connectivity index is 2.25. The summed E-state index contributed by atoms with van der Waals surface area (Å²) in [4.78, 5) is 0. The summed E-state index contributed by atoms with van der Waals surface area (Å²) < 4.78 is 11.4. The quantitative estimate of drug-likeness (QED) is 0.684. The van der Waals surface area contributed by atoms with Gasteiger partial charge < -0.3 is 5.73 Å². The molecule has 3 heteroatoms. The predicted molar refractivity (Wildman–Crippen MR) is 53.5 cm³/mol. The molecular formula is C9H19NOS. The zero-order valence-electron chi connectivity index (χ0n) is 7.84. The molecule has 2 N–H and O–H groups in total. The van der Waals surface area contributed by atoms with Crippen LogP contribution in [0.3, 0.4) is 0 Å². The average Bonchev–Trinajstić information content (AvgIpc) is 2.70. The van der Waals surface area contributed by atoms with Gasteiger partial charge in [0.25, 0.3) is 0 Å². The molecule has 1 unspecified atom stereocenters. The molecule has 1 aliphatic carbocycles. The van der Waals surface area contributed by atoms with Gasteiger partial charge in [-0.1, -0.05) is 6.92 Å². The van der Waals surface area contributed by atoms with Crippen molar-refractivity contribution in [3.05, 3.63) is 0 Å². The zero-order chi connectivity index (χ0) is 9.03. The molecule has 12 heavy (non-hydrogen) atoms. The van der Waals surface area contributed by atoms with E-state index in [0.717, 1.165) is 30.9 Å². The highest BCUT2D eigenvalue weighted by Gasteiger charge is 2.42. The van der Waals surface area contributed by atoms with Crippen LogP contribution >= 0.6 is 0 Å². The van der Waals surface area contributed by atoms with Crippen molar-refractivity contribution in [1.82, 2.24) is 0 Å². The summed E-state index contributed by atoms with van der Waals surface area (Å²) in [6.07, 6.45) is 4.60. The summed E-state index contributed by atoms with van der Waals surface area (Å²) in [5.74, 6) is 1.77. The molecule has 0 aliphatic heterocycles. The van der Waals surface area contributed by atoms with E-state index in [1.165, 1.54) is 12.8 Å². The lowest BCUT2D eigenvalue weighted by Crippen LogP contribution is -2.18. The monoisotopic (exact) mass is 189 g/mol. The number of hydrogen-bond acceptors (Lipinski definition) is 2. The molecule has 0 amide bonds. The molecule has 1 fully saturated rings. The van der Waals surface area contributed by atoms with Gasteiger partial charge in [-0.2, -0.15) is 0 Å². The second-order valence-corrected chi connectivity index (χ2v) is 5.40. The Labute approximate surface area is 77.4 Å². The van der Waals surface area contributed by atoms with Gasteiger partial charge in [0.1, 0.15) is 0 Å². The molecule has 0 aromatic rings. The van der Waals surface area contributed by atoms with Crippen LogP contribution in [0.4, 0.5) is 0 Å². The Kier molecular flexibility index (Phi) is 3.72. The molecule has 0 saturated heterocycles. The summed E-state index contributed by atoms with van der Waals surface area (Å²) in [7, 11) is -0.584. The molecule has 0 aromatic heterocycles. The Hall–Kier alpha value is 0.110. The van der Waals surface area contributed by atoms with Gasteiger partial charge in [0.2, 0.25) is 0 Å². The maximum atomic E-state index is 11.4. The first-order valence-corrected chi connectivity index (χ1v) is 6.26. The van der Waals surface area contributed by atoms with Crippen LogP contribution in [-0.2, 0) is 10.8 Å². The third-order valence-electron chi connectivity index (χ3n) is 2.53. The van der Waals surface area contributed by atoms with Gasteiger partial charge in [0, 0.05) is 22.3 Å². The van der Waals surface area contributed by atoms with E-state index in [9.17, 15) is 4.21 Å². The Morgan fingerprint density at radius 1 is 1.50 bits per heavy atom. The van der Waals surface area contributed by atoms with Crippen LogP contribution in [0.1, 0.15) is 32.6 Å². The van der Waals surface area contributed by atoms with E-state index in [1.807, 2.05) is 0 Å². The van der Waals surface area contributed by atoms with Gasteiger partial charge in [0.05, 0.1) is 0 Å². The van der Waals surface area contributed by atoms with Crippen molar-refractivity contribution in [2.45, 2.75) is 32.6 Å². The summed E-state index contributed by atoms with van der Waals surface area (Å²) in [5.41, 5.74) is 5.90. The standard InChI is InChI=1S/C9H19NOS/c1-2-7-12(11)8-9(3-4-9)5-6-10/h2-8,10H2,1H3. The second kappa shape index (κ2) is 4.38. The van der Waals surface area contributed by atoms with Crippen molar-refractivity contribution in [2.75, 3.05) is 18.1 Å². The largest absolute Gasteiger partial charge is 0.330 e. The van der Waals surface area contributed by atoms with E-state index in [4.69, 9.17) is 5.73 Å². The van der Waals surface area contributed by atoms with Gasteiger partial charge in [-0.15, -0.1) is 0 Å². The molecule has 1 aliphatic rings. The van der Waals surface area contributed by atoms with Crippen LogP contribution in [0.2, 0.25) is 0 Å². The van der Waals surface area contributed by atoms with Gasteiger partial charge in [0.15, 0.2) is 0 Å². The predicted octanol–water partition coefficient (Wildman–Crippen LogP) is 1.27. The highest BCUT2D eigenvalue weighted by Crippen LogP contribution is 2.49. The van der Waals surface area contributed by atoms with Crippen molar-refractivity contribution in [3.8, 4) is 0 Å². The van der Waals surface area contributed by atoms with Crippen LogP contribution < -0.4 is 5.73 Å². The highest BCUT2D eigenvalue weighted by molar-refractivity contribution is 7.85. The molecular weight excluding hydrogens is 170 g/mol. The topological polar surface area (TPSA) is 43.1 Å². The molecule has 1 atom stereocenters. The molecule has 72 valence electrons. The van der Waals surface area contributed by atoms with Crippen molar-refractivity contribution < 1.29 is 4.21 Å². The van der Waals surface area contributed by atoms with Gasteiger partial charge >= 0.3 is 0 Å². The SMILES string of the molecule is CCCS(=O)CC1(CCN)CC1. The van der Waals surface area contributed by atoms with Crippen molar-refractivity contribution in [1.29, 1.82) is 0 Å². The maximum absolute atomic E-state index is 11.4. The Morgan fingerprint density at radius 2 is 2.17 bits per heavy atom. The molecule has 1 rings (SSSR count). The molecule has 0 radical (unpaired) electrons. The first-order valence-electron chi connectivity index (χ1n) is 4.77. The van der Waals surface area contributed by atoms with E-state index in [1.54, 1.807) is 0 Å². The minimum absolute atomic E-state index is 0.398. The lowest BCUT2D eigenvalue weighted by Gasteiger charge is -2.12. The normalized spacial score (nSPS) is 22.2. The van der Waals surface area contributed by atoms with Crippen LogP contribution in [0.5, 0.6) is 0 Å². The minimum Gasteiger partial charge on any atom is -0.330 e. The van der Waals surface area contributed by atoms with Gasteiger partial charge in [-0.25, -0.2) is 0 Å². The van der Waals surface area contributed by atoms with Crippen LogP contribution in [0, 0.1) is 5.41 Å². The molecule has 1 saturated carbocycles. The first-order chi connectivity index (χ1) is 5.72. The third-order valence-corrected chi connectivity index (χ3v) is 4.33. The van der Waals surface area contributed by atoms with Crippen molar-refractivity contribution >= 4 is 10.8 Å². The number of hydrogen-bond donors (Lipinski definition) is 1. The van der Waals surface area contributed by atoms with E-state index in [0.29, 0.717) is 5.41 Å². The number of rotatable bonds is 6. The summed E-state index contributed by atoms with van der Waals surface area (Å²) >= 11 is 0. The van der Waals surface area contributed by atoms with Crippen molar-refractivity contribution in [2.24, 2.45) is 11.1 Å². The highest BCUT2D eigenvalue weighted by atomic mass is 32.2. The van der Waals surface area contributed by atoms with Crippen LogP contribution in [0.25, 0.3) is 0 Å². The van der Waals surface area contributed by atoms with E-state index in [2.05, 4.69) is 6.92 Å². The average molecular weight is 189 g/mol. The molecule has 2 nitrogen and oxygen atoms in total. The van der Waals surface area contributed by atoms with Crippen LogP contribution in [-0.4, -0.2) is 22.3 Å². The lowest BCUT2D eigenvalue weighted by molar-refractivity contribution is 0.529. The second-order valence-electron chi connectivity index (χ2n) is 3.83. The molecule has 0 aromatic carbocycles. The summed E-state index contributed by atoms with van der Waals surface area (Å²) in [6, 6.07) is 0. The van der Waals surface area contributed by atoms with E-state index in [-0.39, 0.29) is 0 Å². The molecule has 0 heterocycles. The maximum Gasteiger partial charge on any atom is 0.0291 e. The van der Waals surface area contributed by atoms with E-state index < -0.39 is 10.8 Å². The lowest BCUT2D eigenvalue weighted by atomic mass is 10.1. The minimum atomic E-state index is -0.584. The fourth-order valence-electron chi connectivity index (χ4n) is 1.59. The first kappa shape index (κ1) is 10.2. The van der Waals surface area contributed by atoms with Gasteiger partial charge in [-0.3, -0.25) is 4.21 Å². The summed E-state index contributed by atoms with van der Waals surface area (Å²) in [5, 5.41) is 0. The molecule has 0 bridgehead atoms. The van der Waals surface area contributed by atoms with E-state index >= 15 is 0 Å². The van der Waals surface area contributed by atoms with Crippen LogP contribution in [0.15, 0.2) is 0 Å². The Bertz CT molecular complexity index is 166. The summed E-state index contributed by atoms with van der Waals surface area (Å²) in [6.45, 7) is 2.84. The smallest absolute Gasteiger partial charge is 0.0291 e. The van der Waals surface area contributed by atoms with Gasteiger partial charge in [-0.05, 0) is 37.6 Å². The molecule has 0 spiro atoms.